The Hall–Kier alpha value is -3.03. The number of hydrogen-bond acceptors (Lipinski definition) is 4. The second kappa shape index (κ2) is 14.1. The van der Waals surface area contributed by atoms with Gasteiger partial charge in [-0.15, -0.1) is 22.7 Å². The summed E-state index contributed by atoms with van der Waals surface area (Å²) in [6.45, 7) is 7.02. The third-order valence-corrected chi connectivity index (χ3v) is 7.78. The standard InChI is InChI=1S/C30H33F2NO2S2/c1-4-6-16-33(17-7-5-2)29-27(31)19-22(20-28(29)32)8-9-23-10-11-24(36-23)12-13-25-14-15-26(37-25)18-21(3)30(34)35/h8-15,18-20H,4-7,16-17H2,1-3H3,(H,34,35)/b9-8+,13-12+,21-18?. The van der Waals surface area contributed by atoms with Crippen molar-refractivity contribution < 1.29 is 18.7 Å². The van der Waals surface area contributed by atoms with E-state index in [-0.39, 0.29) is 5.69 Å². The van der Waals surface area contributed by atoms with Crippen LogP contribution in [-0.4, -0.2) is 24.2 Å². The average molecular weight is 542 g/mol. The lowest BCUT2D eigenvalue weighted by Gasteiger charge is -2.25. The first kappa shape index (κ1) is 28.5. The fourth-order valence-electron chi connectivity index (χ4n) is 3.72. The van der Waals surface area contributed by atoms with E-state index >= 15 is 0 Å². The molecule has 0 amide bonds. The fraction of sp³-hybridized carbons (Fsp3) is 0.300. The minimum absolute atomic E-state index is 0.0768. The molecule has 0 aliphatic rings. The lowest BCUT2D eigenvalue weighted by molar-refractivity contribution is -0.132. The smallest absolute Gasteiger partial charge is 0.331 e. The molecule has 0 bridgehead atoms. The summed E-state index contributed by atoms with van der Waals surface area (Å²) in [4.78, 5) is 16.8. The zero-order valence-corrected chi connectivity index (χ0v) is 23.1. The zero-order valence-electron chi connectivity index (χ0n) is 21.5. The van der Waals surface area contributed by atoms with Gasteiger partial charge in [-0.25, -0.2) is 13.6 Å². The van der Waals surface area contributed by atoms with Crippen LogP contribution in [0.5, 0.6) is 0 Å². The lowest BCUT2D eigenvalue weighted by Crippen LogP contribution is -2.27. The van der Waals surface area contributed by atoms with Gasteiger partial charge in [-0.05, 0) is 86.0 Å². The molecule has 0 saturated carbocycles. The number of hydrogen-bond donors (Lipinski definition) is 1. The van der Waals surface area contributed by atoms with Crippen molar-refractivity contribution in [1.82, 2.24) is 0 Å². The van der Waals surface area contributed by atoms with Gasteiger partial charge in [-0.1, -0.05) is 32.8 Å². The molecule has 1 aromatic carbocycles. The van der Waals surface area contributed by atoms with Crippen molar-refractivity contribution in [3.05, 3.63) is 78.7 Å². The maximum Gasteiger partial charge on any atom is 0.331 e. The van der Waals surface area contributed by atoms with Gasteiger partial charge >= 0.3 is 5.97 Å². The summed E-state index contributed by atoms with van der Waals surface area (Å²) >= 11 is 3.09. The molecule has 0 saturated heterocycles. The van der Waals surface area contributed by atoms with E-state index in [4.69, 9.17) is 5.11 Å². The number of nitrogens with zero attached hydrogens (tertiary/aromatic N) is 1. The van der Waals surface area contributed by atoms with E-state index < -0.39 is 17.6 Å². The second-order valence-electron chi connectivity index (χ2n) is 8.81. The number of unbranched alkanes of at least 4 members (excludes halogenated alkanes) is 2. The molecule has 3 aromatic rings. The van der Waals surface area contributed by atoms with Gasteiger partial charge in [-0.3, -0.25) is 0 Å². The summed E-state index contributed by atoms with van der Waals surface area (Å²) in [5.74, 6) is -1.97. The van der Waals surface area contributed by atoms with Crippen LogP contribution in [0.3, 0.4) is 0 Å². The summed E-state index contributed by atoms with van der Waals surface area (Å²) in [5.41, 5.74) is 0.866. The Bertz CT molecular complexity index is 1260. The van der Waals surface area contributed by atoms with Gasteiger partial charge in [0.2, 0.25) is 0 Å². The van der Waals surface area contributed by atoms with E-state index in [1.165, 1.54) is 23.5 Å². The minimum atomic E-state index is -0.924. The van der Waals surface area contributed by atoms with Crippen molar-refractivity contribution in [2.45, 2.75) is 46.5 Å². The highest BCUT2D eigenvalue weighted by atomic mass is 32.1. The Labute approximate surface area is 226 Å². The number of halogens is 2. The fourth-order valence-corrected chi connectivity index (χ4v) is 5.45. The van der Waals surface area contributed by atoms with Crippen LogP contribution in [0.2, 0.25) is 0 Å². The number of rotatable bonds is 13. The molecule has 7 heteroatoms. The maximum atomic E-state index is 15.0. The van der Waals surface area contributed by atoms with Gasteiger partial charge < -0.3 is 10.0 Å². The van der Waals surface area contributed by atoms with E-state index in [0.29, 0.717) is 24.2 Å². The predicted molar refractivity (Wildman–Crippen MR) is 156 cm³/mol. The van der Waals surface area contributed by atoms with Crippen LogP contribution in [0.15, 0.2) is 42.0 Å². The average Bonchev–Trinajstić information content (AvgIpc) is 3.51. The van der Waals surface area contributed by atoms with Crippen molar-refractivity contribution >= 4 is 64.7 Å². The Morgan fingerprint density at radius 3 is 1.78 bits per heavy atom. The van der Waals surface area contributed by atoms with Crippen molar-refractivity contribution in [3.8, 4) is 0 Å². The Morgan fingerprint density at radius 2 is 1.30 bits per heavy atom. The zero-order chi connectivity index (χ0) is 26.8. The Balaban J connectivity index is 1.69. The summed E-state index contributed by atoms with van der Waals surface area (Å²) in [6, 6.07) is 10.6. The van der Waals surface area contributed by atoms with E-state index in [1.807, 2.05) is 47.4 Å². The molecular formula is C30H33F2NO2S2. The molecule has 0 radical (unpaired) electrons. The van der Waals surface area contributed by atoms with Crippen molar-refractivity contribution in [2.24, 2.45) is 0 Å². The molecule has 2 heterocycles. The molecule has 2 aromatic heterocycles. The molecule has 0 unspecified atom stereocenters. The number of anilines is 1. The molecule has 0 fully saturated rings. The number of aliphatic carboxylic acids is 1. The number of benzene rings is 1. The Kier molecular flexibility index (Phi) is 10.8. The third kappa shape index (κ3) is 8.51. The SMILES string of the molecule is CCCCN(CCCC)c1c(F)cc(/C=C/c2ccc(/C=C/c3ccc(C=C(C)C(=O)O)s3)s2)cc1F. The maximum absolute atomic E-state index is 15.0. The molecular weight excluding hydrogens is 508 g/mol. The first-order valence-corrected chi connectivity index (χ1v) is 14.2. The van der Waals surface area contributed by atoms with Crippen LogP contribution in [0.1, 0.15) is 71.5 Å². The van der Waals surface area contributed by atoms with E-state index in [0.717, 1.165) is 45.2 Å². The highest BCUT2D eigenvalue weighted by Gasteiger charge is 2.17. The molecule has 0 spiro atoms. The topological polar surface area (TPSA) is 40.5 Å². The molecule has 1 N–H and O–H groups in total. The molecule has 37 heavy (non-hydrogen) atoms. The van der Waals surface area contributed by atoms with Gasteiger partial charge in [0.1, 0.15) is 17.3 Å². The largest absolute Gasteiger partial charge is 0.478 e. The minimum Gasteiger partial charge on any atom is -0.478 e. The van der Waals surface area contributed by atoms with Gasteiger partial charge in [0, 0.05) is 38.2 Å². The highest BCUT2D eigenvalue weighted by Crippen LogP contribution is 2.28. The van der Waals surface area contributed by atoms with Gasteiger partial charge in [0.25, 0.3) is 0 Å². The number of carboxylic acids is 1. The van der Waals surface area contributed by atoms with E-state index in [2.05, 4.69) is 13.8 Å². The van der Waals surface area contributed by atoms with E-state index in [1.54, 1.807) is 30.4 Å². The summed E-state index contributed by atoms with van der Waals surface area (Å²) in [6.07, 6.45) is 13.0. The highest BCUT2D eigenvalue weighted by molar-refractivity contribution is 7.14. The van der Waals surface area contributed by atoms with Crippen LogP contribution in [0, 0.1) is 11.6 Å². The molecule has 0 atom stereocenters. The first-order chi connectivity index (χ1) is 17.8. The molecule has 3 nitrogen and oxygen atoms in total. The predicted octanol–water partition coefficient (Wildman–Crippen LogP) is 9.32. The lowest BCUT2D eigenvalue weighted by atomic mass is 10.1. The van der Waals surface area contributed by atoms with Crippen LogP contribution < -0.4 is 4.90 Å². The van der Waals surface area contributed by atoms with Gasteiger partial charge in [0.15, 0.2) is 0 Å². The number of carbonyl (C=O) groups is 1. The molecule has 3 rings (SSSR count). The quantitative estimate of drug-likeness (QED) is 0.219. The molecule has 0 aliphatic heterocycles. The Morgan fingerprint density at radius 1 is 0.838 bits per heavy atom. The monoisotopic (exact) mass is 541 g/mol. The number of thiophene rings is 2. The second-order valence-corrected chi connectivity index (χ2v) is 11.1. The van der Waals surface area contributed by atoms with Crippen molar-refractivity contribution in [2.75, 3.05) is 18.0 Å². The summed E-state index contributed by atoms with van der Waals surface area (Å²) in [7, 11) is 0. The van der Waals surface area contributed by atoms with Crippen LogP contribution in [0.4, 0.5) is 14.5 Å². The molecule has 0 aliphatic carbocycles. The molecule has 196 valence electrons. The van der Waals surface area contributed by atoms with Crippen molar-refractivity contribution in [3.63, 3.8) is 0 Å². The normalized spacial score (nSPS) is 12.2. The third-order valence-electron chi connectivity index (χ3n) is 5.76. The van der Waals surface area contributed by atoms with Crippen molar-refractivity contribution in [1.29, 1.82) is 0 Å². The van der Waals surface area contributed by atoms with Gasteiger partial charge in [-0.2, -0.15) is 0 Å². The van der Waals surface area contributed by atoms with Gasteiger partial charge in [0.05, 0.1) is 0 Å². The first-order valence-electron chi connectivity index (χ1n) is 12.5. The van der Waals surface area contributed by atoms with Crippen LogP contribution in [-0.2, 0) is 4.79 Å². The summed E-state index contributed by atoms with van der Waals surface area (Å²) < 4.78 is 29.9. The number of carboxylic acid groups (broad SMARTS) is 1. The van der Waals surface area contributed by atoms with E-state index in [9.17, 15) is 13.6 Å². The summed E-state index contributed by atoms with van der Waals surface area (Å²) in [5, 5.41) is 9.02. The van der Waals surface area contributed by atoms with Crippen LogP contribution >= 0.6 is 22.7 Å². The van der Waals surface area contributed by atoms with Crippen LogP contribution in [0.25, 0.3) is 30.4 Å².